The van der Waals surface area contributed by atoms with Crippen molar-refractivity contribution in [3.63, 3.8) is 0 Å². The Bertz CT molecular complexity index is 623. The first-order valence-corrected chi connectivity index (χ1v) is 9.79. The Labute approximate surface area is 155 Å². The maximum Gasteiger partial charge on any atom is 0.289 e. The van der Waals surface area contributed by atoms with E-state index in [1.807, 2.05) is 32.9 Å². The van der Waals surface area contributed by atoms with Gasteiger partial charge in [-0.3, -0.25) is 14.5 Å². The minimum atomic E-state index is -0.395. The average Bonchev–Trinajstić information content (AvgIpc) is 2.80. The second kappa shape index (κ2) is 8.76. The number of carbonyl (C=O) groups is 2. The van der Waals surface area contributed by atoms with Crippen LogP contribution in [0.3, 0.4) is 0 Å². The standard InChI is InChI=1S/C17H22BrNO4S/c1-4-7-19-16(20)15(24-17(19)21)9-11-8-12(18)14(23-6-3)10-13(11)22-5-2/h8,10,15H,4-7,9H2,1-3H3/t15-/m0/s1. The van der Waals surface area contributed by atoms with Gasteiger partial charge in [0.05, 0.1) is 22.9 Å². The van der Waals surface area contributed by atoms with Gasteiger partial charge < -0.3 is 9.47 Å². The summed E-state index contributed by atoms with van der Waals surface area (Å²) >= 11 is 4.60. The minimum Gasteiger partial charge on any atom is -0.493 e. The number of ether oxygens (including phenoxy) is 2. The number of nitrogens with zero attached hydrogens (tertiary/aromatic N) is 1. The zero-order valence-corrected chi connectivity index (χ0v) is 16.5. The smallest absolute Gasteiger partial charge is 0.289 e. The van der Waals surface area contributed by atoms with Crippen LogP contribution in [-0.4, -0.2) is 41.1 Å². The molecule has 0 N–H and O–H groups in total. The van der Waals surface area contributed by atoms with Crippen molar-refractivity contribution in [2.24, 2.45) is 0 Å². The van der Waals surface area contributed by atoms with Gasteiger partial charge in [0, 0.05) is 12.6 Å². The van der Waals surface area contributed by atoms with Gasteiger partial charge in [-0.15, -0.1) is 0 Å². The van der Waals surface area contributed by atoms with Gasteiger partial charge in [-0.1, -0.05) is 18.7 Å². The third kappa shape index (κ3) is 4.25. The van der Waals surface area contributed by atoms with Crippen LogP contribution < -0.4 is 9.47 Å². The monoisotopic (exact) mass is 415 g/mol. The Morgan fingerprint density at radius 2 is 1.79 bits per heavy atom. The molecule has 0 aliphatic carbocycles. The first-order chi connectivity index (χ1) is 11.5. The van der Waals surface area contributed by atoms with Gasteiger partial charge in [-0.05, 0) is 54.2 Å². The van der Waals surface area contributed by atoms with Gasteiger partial charge in [0.2, 0.25) is 5.91 Å². The number of carbonyl (C=O) groups excluding carboxylic acids is 2. The molecule has 1 aliphatic heterocycles. The molecule has 1 aromatic carbocycles. The van der Waals surface area contributed by atoms with Crippen LogP contribution in [0.4, 0.5) is 4.79 Å². The lowest BCUT2D eigenvalue weighted by Gasteiger charge is -2.16. The fourth-order valence-corrected chi connectivity index (χ4v) is 4.09. The van der Waals surface area contributed by atoms with Crippen LogP contribution in [0.5, 0.6) is 11.5 Å². The highest BCUT2D eigenvalue weighted by atomic mass is 79.9. The summed E-state index contributed by atoms with van der Waals surface area (Å²) in [6, 6.07) is 3.75. The van der Waals surface area contributed by atoms with Gasteiger partial charge in [0.25, 0.3) is 5.24 Å². The first-order valence-electron chi connectivity index (χ1n) is 8.11. The maximum absolute atomic E-state index is 12.4. The third-order valence-electron chi connectivity index (χ3n) is 3.57. The van der Waals surface area contributed by atoms with E-state index in [0.29, 0.717) is 37.7 Å². The molecule has 1 atom stereocenters. The summed E-state index contributed by atoms with van der Waals surface area (Å²) in [6.45, 7) is 7.34. The highest BCUT2D eigenvalue weighted by Crippen LogP contribution is 2.37. The molecule has 0 spiro atoms. The van der Waals surface area contributed by atoms with Gasteiger partial charge in [-0.25, -0.2) is 0 Å². The van der Waals surface area contributed by atoms with Crippen LogP contribution in [0, 0.1) is 0 Å². The number of halogens is 1. The van der Waals surface area contributed by atoms with Crippen molar-refractivity contribution < 1.29 is 19.1 Å². The average molecular weight is 416 g/mol. The van der Waals surface area contributed by atoms with Crippen LogP contribution >= 0.6 is 27.7 Å². The van der Waals surface area contributed by atoms with E-state index >= 15 is 0 Å². The molecule has 0 saturated carbocycles. The molecule has 7 heteroatoms. The molecular weight excluding hydrogens is 394 g/mol. The van der Waals surface area contributed by atoms with Crippen molar-refractivity contribution in [2.45, 2.75) is 38.9 Å². The summed E-state index contributed by atoms with van der Waals surface area (Å²) in [4.78, 5) is 25.8. The quantitative estimate of drug-likeness (QED) is 0.634. The normalized spacial score (nSPS) is 17.5. The van der Waals surface area contributed by atoms with Crippen LogP contribution in [-0.2, 0) is 11.2 Å². The SMILES string of the molecule is CCCN1C(=O)S[C@@H](Cc2cc(Br)c(OCC)cc2OCC)C1=O. The summed E-state index contributed by atoms with van der Waals surface area (Å²) < 4.78 is 12.1. The number of imide groups is 1. The number of hydrogen-bond acceptors (Lipinski definition) is 5. The fraction of sp³-hybridized carbons (Fsp3) is 0.529. The van der Waals surface area contributed by atoms with Crippen molar-refractivity contribution in [1.82, 2.24) is 4.90 Å². The topological polar surface area (TPSA) is 55.8 Å². The Morgan fingerprint density at radius 1 is 1.12 bits per heavy atom. The Kier molecular flexibility index (Phi) is 6.98. The van der Waals surface area contributed by atoms with Crippen LogP contribution in [0.25, 0.3) is 0 Å². The van der Waals surface area contributed by atoms with Crippen LogP contribution in [0.1, 0.15) is 32.8 Å². The van der Waals surface area contributed by atoms with Crippen molar-refractivity contribution in [3.8, 4) is 11.5 Å². The molecule has 0 bridgehead atoms. The highest BCUT2D eigenvalue weighted by Gasteiger charge is 2.39. The third-order valence-corrected chi connectivity index (χ3v) is 5.27. The fourth-order valence-electron chi connectivity index (χ4n) is 2.54. The molecular formula is C17H22BrNO4S. The lowest BCUT2D eigenvalue weighted by Crippen LogP contribution is -2.32. The van der Waals surface area contributed by atoms with Gasteiger partial charge >= 0.3 is 0 Å². The number of amides is 2. The summed E-state index contributed by atoms with van der Waals surface area (Å²) in [6.07, 6.45) is 1.22. The largest absolute Gasteiger partial charge is 0.493 e. The van der Waals surface area contributed by atoms with Crippen molar-refractivity contribution in [1.29, 1.82) is 0 Å². The second-order valence-electron chi connectivity index (χ2n) is 5.32. The lowest BCUT2D eigenvalue weighted by molar-refractivity contribution is -0.126. The maximum atomic E-state index is 12.4. The van der Waals surface area contributed by atoms with Crippen molar-refractivity contribution >= 4 is 38.8 Å². The highest BCUT2D eigenvalue weighted by molar-refractivity contribution is 9.10. The summed E-state index contributed by atoms with van der Waals surface area (Å²) in [5.41, 5.74) is 0.893. The minimum absolute atomic E-state index is 0.112. The molecule has 1 aromatic rings. The Balaban J connectivity index is 2.24. The lowest BCUT2D eigenvalue weighted by atomic mass is 10.1. The van der Waals surface area contributed by atoms with Crippen molar-refractivity contribution in [3.05, 3.63) is 22.2 Å². The van der Waals surface area contributed by atoms with E-state index in [1.165, 1.54) is 4.90 Å². The molecule has 0 radical (unpaired) electrons. The van der Waals surface area contributed by atoms with E-state index < -0.39 is 5.25 Å². The molecule has 1 aliphatic rings. The molecule has 0 aromatic heterocycles. The van der Waals surface area contributed by atoms with E-state index in [0.717, 1.165) is 28.2 Å². The van der Waals surface area contributed by atoms with Crippen molar-refractivity contribution in [2.75, 3.05) is 19.8 Å². The molecule has 1 fully saturated rings. The molecule has 1 heterocycles. The number of rotatable bonds is 8. The Morgan fingerprint density at radius 3 is 2.42 bits per heavy atom. The second-order valence-corrected chi connectivity index (χ2v) is 7.33. The van der Waals surface area contributed by atoms with E-state index in [2.05, 4.69) is 15.9 Å². The van der Waals surface area contributed by atoms with E-state index in [-0.39, 0.29) is 11.1 Å². The zero-order chi connectivity index (χ0) is 17.7. The molecule has 1 saturated heterocycles. The van der Waals surface area contributed by atoms with E-state index in [1.54, 1.807) is 0 Å². The summed E-state index contributed by atoms with van der Waals surface area (Å²) in [7, 11) is 0. The van der Waals surface area contributed by atoms with Gasteiger partial charge in [-0.2, -0.15) is 0 Å². The van der Waals surface area contributed by atoms with Crippen LogP contribution in [0.15, 0.2) is 16.6 Å². The summed E-state index contributed by atoms with van der Waals surface area (Å²) in [5, 5.41) is -0.553. The van der Waals surface area contributed by atoms with Crippen LogP contribution in [0.2, 0.25) is 0 Å². The zero-order valence-electron chi connectivity index (χ0n) is 14.1. The van der Waals surface area contributed by atoms with Gasteiger partial charge in [0.15, 0.2) is 0 Å². The number of thioether (sulfide) groups is 1. The molecule has 2 rings (SSSR count). The van der Waals surface area contributed by atoms with E-state index in [4.69, 9.17) is 9.47 Å². The first kappa shape index (κ1) is 19.1. The molecule has 5 nitrogen and oxygen atoms in total. The number of hydrogen-bond donors (Lipinski definition) is 0. The van der Waals surface area contributed by atoms with Gasteiger partial charge in [0.1, 0.15) is 11.5 Å². The Hall–Kier alpha value is -1.21. The predicted octanol–water partition coefficient (Wildman–Crippen LogP) is 4.26. The molecule has 24 heavy (non-hydrogen) atoms. The summed E-state index contributed by atoms with van der Waals surface area (Å²) in [5.74, 6) is 1.29. The molecule has 132 valence electrons. The number of benzene rings is 1. The molecule has 0 unspecified atom stereocenters. The predicted molar refractivity (Wildman–Crippen MR) is 99.0 cm³/mol. The molecule has 2 amide bonds. The van der Waals surface area contributed by atoms with E-state index in [9.17, 15) is 9.59 Å².